The van der Waals surface area contributed by atoms with E-state index in [4.69, 9.17) is 4.74 Å². The normalized spacial score (nSPS) is 14.8. The van der Waals surface area contributed by atoms with Gasteiger partial charge in [-0.3, -0.25) is 0 Å². The zero-order valence-electron chi connectivity index (χ0n) is 6.96. The lowest BCUT2D eigenvalue weighted by atomic mass is 10.3. The van der Waals surface area contributed by atoms with Crippen molar-refractivity contribution in [2.24, 2.45) is 0 Å². The summed E-state index contributed by atoms with van der Waals surface area (Å²) in [5.74, 6) is 2.08. The summed E-state index contributed by atoms with van der Waals surface area (Å²) in [4.78, 5) is 1.29. The highest BCUT2D eigenvalue weighted by Crippen LogP contribution is 2.37. The van der Waals surface area contributed by atoms with Crippen molar-refractivity contribution in [2.45, 2.75) is 4.90 Å². The highest BCUT2D eigenvalue weighted by atomic mass is 32.2. The van der Waals surface area contributed by atoms with Gasteiger partial charge in [-0.15, -0.1) is 11.8 Å². The third kappa shape index (κ3) is 1.25. The fraction of sp³-hybridized carbons (Fsp3) is 0.333. The predicted octanol–water partition coefficient (Wildman–Crippen LogP) is 2.21. The Bertz CT molecular complexity index is 274. The van der Waals surface area contributed by atoms with Crippen molar-refractivity contribution in [1.29, 1.82) is 0 Å². The summed E-state index contributed by atoms with van der Waals surface area (Å²) in [5, 5.41) is 3.34. The minimum absolute atomic E-state index is 0.944. The van der Waals surface area contributed by atoms with Crippen molar-refractivity contribution in [3.05, 3.63) is 18.2 Å². The van der Waals surface area contributed by atoms with Gasteiger partial charge in [0.15, 0.2) is 0 Å². The molecule has 0 saturated heterocycles. The third-order valence-corrected chi connectivity index (χ3v) is 2.93. The van der Waals surface area contributed by atoms with E-state index >= 15 is 0 Å². The summed E-state index contributed by atoms with van der Waals surface area (Å²) in [6.45, 7) is 1.03. The summed E-state index contributed by atoms with van der Waals surface area (Å²) in [6, 6.07) is 6.13. The van der Waals surface area contributed by atoms with E-state index in [1.54, 1.807) is 7.11 Å². The summed E-state index contributed by atoms with van der Waals surface area (Å²) < 4.78 is 5.24. The molecule has 0 spiro atoms. The van der Waals surface area contributed by atoms with Crippen LogP contribution in [0.2, 0.25) is 0 Å². The topological polar surface area (TPSA) is 21.3 Å². The van der Waals surface area contributed by atoms with Crippen LogP contribution in [0.25, 0.3) is 0 Å². The van der Waals surface area contributed by atoms with Crippen LogP contribution >= 0.6 is 11.8 Å². The number of thioether (sulfide) groups is 1. The maximum atomic E-state index is 5.24. The molecule has 0 aromatic heterocycles. The molecule has 2 rings (SSSR count). The minimum atomic E-state index is 0.944. The lowest BCUT2D eigenvalue weighted by Crippen LogP contribution is -2.10. The average Bonchev–Trinajstić information content (AvgIpc) is 2.17. The van der Waals surface area contributed by atoms with E-state index in [0.717, 1.165) is 23.7 Å². The SMILES string of the molecule is COc1cccc2c1NCCS2. The first-order valence-corrected chi connectivity index (χ1v) is 4.94. The lowest BCUT2D eigenvalue weighted by molar-refractivity contribution is 0.415. The number of fused-ring (bicyclic) bond motifs is 1. The Morgan fingerprint density at radius 3 is 3.25 bits per heavy atom. The van der Waals surface area contributed by atoms with Crippen molar-refractivity contribution in [2.75, 3.05) is 24.7 Å². The Kier molecular flexibility index (Phi) is 2.13. The van der Waals surface area contributed by atoms with Crippen molar-refractivity contribution < 1.29 is 4.74 Å². The number of ether oxygens (including phenoxy) is 1. The molecule has 12 heavy (non-hydrogen) atoms. The van der Waals surface area contributed by atoms with Crippen LogP contribution in [-0.4, -0.2) is 19.4 Å². The van der Waals surface area contributed by atoms with Crippen molar-refractivity contribution >= 4 is 17.4 Å². The Balaban J connectivity index is 2.44. The van der Waals surface area contributed by atoms with Crippen LogP contribution in [0.3, 0.4) is 0 Å². The van der Waals surface area contributed by atoms with E-state index in [0.29, 0.717) is 0 Å². The van der Waals surface area contributed by atoms with Crippen LogP contribution in [-0.2, 0) is 0 Å². The van der Waals surface area contributed by atoms with Crippen LogP contribution in [0.5, 0.6) is 5.75 Å². The molecule has 1 N–H and O–H groups in total. The molecule has 1 aromatic rings. The molecule has 64 valence electrons. The van der Waals surface area contributed by atoms with Crippen LogP contribution in [0.1, 0.15) is 0 Å². The molecule has 0 amide bonds. The molecule has 0 atom stereocenters. The summed E-state index contributed by atoms with van der Waals surface area (Å²) in [6.07, 6.45) is 0. The average molecular weight is 181 g/mol. The molecule has 0 radical (unpaired) electrons. The Morgan fingerprint density at radius 2 is 2.42 bits per heavy atom. The molecule has 1 aliphatic rings. The van der Waals surface area contributed by atoms with E-state index in [-0.39, 0.29) is 0 Å². The second-order valence-corrected chi connectivity index (χ2v) is 3.75. The first-order valence-electron chi connectivity index (χ1n) is 3.95. The van der Waals surface area contributed by atoms with E-state index in [9.17, 15) is 0 Å². The van der Waals surface area contributed by atoms with Crippen molar-refractivity contribution in [1.82, 2.24) is 0 Å². The third-order valence-electron chi connectivity index (χ3n) is 1.87. The van der Waals surface area contributed by atoms with E-state index in [1.165, 1.54) is 4.90 Å². The quantitative estimate of drug-likeness (QED) is 0.717. The molecular weight excluding hydrogens is 170 g/mol. The molecule has 0 unspecified atom stereocenters. The number of methoxy groups -OCH3 is 1. The van der Waals surface area contributed by atoms with Gasteiger partial charge in [-0.2, -0.15) is 0 Å². The van der Waals surface area contributed by atoms with Crippen molar-refractivity contribution in [3.8, 4) is 5.75 Å². The first kappa shape index (κ1) is 7.80. The first-order chi connectivity index (χ1) is 5.92. The molecule has 1 aromatic carbocycles. The van der Waals surface area contributed by atoms with Crippen LogP contribution in [0, 0.1) is 0 Å². The molecule has 1 aliphatic heterocycles. The largest absolute Gasteiger partial charge is 0.495 e. The number of rotatable bonds is 1. The van der Waals surface area contributed by atoms with Crippen LogP contribution in [0.15, 0.2) is 23.1 Å². The second-order valence-electron chi connectivity index (χ2n) is 2.61. The van der Waals surface area contributed by atoms with Crippen molar-refractivity contribution in [3.63, 3.8) is 0 Å². The maximum Gasteiger partial charge on any atom is 0.143 e. The minimum Gasteiger partial charge on any atom is -0.495 e. The highest BCUT2D eigenvalue weighted by Gasteiger charge is 2.12. The fourth-order valence-corrected chi connectivity index (χ4v) is 2.23. The highest BCUT2D eigenvalue weighted by molar-refractivity contribution is 7.99. The van der Waals surface area contributed by atoms with Gasteiger partial charge in [0.05, 0.1) is 12.8 Å². The molecule has 0 saturated carbocycles. The van der Waals surface area contributed by atoms with Gasteiger partial charge in [-0.05, 0) is 12.1 Å². The van der Waals surface area contributed by atoms with E-state index in [2.05, 4.69) is 11.4 Å². The lowest BCUT2D eigenvalue weighted by Gasteiger charge is -2.19. The Labute approximate surface area is 76.3 Å². The number of hydrogen-bond donors (Lipinski definition) is 1. The molecule has 0 aliphatic carbocycles. The summed E-state index contributed by atoms with van der Waals surface area (Å²) in [5.41, 5.74) is 1.15. The van der Waals surface area contributed by atoms with Gasteiger partial charge in [0.25, 0.3) is 0 Å². The summed E-state index contributed by atoms with van der Waals surface area (Å²) >= 11 is 1.88. The number of para-hydroxylation sites is 1. The predicted molar refractivity (Wildman–Crippen MR) is 52.2 cm³/mol. The number of hydrogen-bond acceptors (Lipinski definition) is 3. The molecule has 0 fully saturated rings. The monoisotopic (exact) mass is 181 g/mol. The maximum absolute atomic E-state index is 5.24. The zero-order valence-corrected chi connectivity index (χ0v) is 7.78. The van der Waals surface area contributed by atoms with E-state index < -0.39 is 0 Å². The van der Waals surface area contributed by atoms with Gasteiger partial charge in [0.1, 0.15) is 5.75 Å². The van der Waals surface area contributed by atoms with Gasteiger partial charge in [0.2, 0.25) is 0 Å². The number of anilines is 1. The standard InChI is InChI=1S/C9H11NOS/c1-11-7-3-2-4-8-9(7)10-5-6-12-8/h2-4,10H,5-6H2,1H3. The Morgan fingerprint density at radius 1 is 1.50 bits per heavy atom. The molecule has 3 heteroatoms. The van der Waals surface area contributed by atoms with Gasteiger partial charge < -0.3 is 10.1 Å². The van der Waals surface area contributed by atoms with Gasteiger partial charge in [-0.1, -0.05) is 6.07 Å². The second kappa shape index (κ2) is 3.27. The zero-order chi connectivity index (χ0) is 8.39. The molecule has 0 bridgehead atoms. The van der Waals surface area contributed by atoms with Gasteiger partial charge in [0, 0.05) is 17.2 Å². The number of benzene rings is 1. The smallest absolute Gasteiger partial charge is 0.143 e. The summed E-state index contributed by atoms with van der Waals surface area (Å²) in [7, 11) is 1.70. The van der Waals surface area contributed by atoms with Gasteiger partial charge in [-0.25, -0.2) is 0 Å². The van der Waals surface area contributed by atoms with E-state index in [1.807, 2.05) is 23.9 Å². The van der Waals surface area contributed by atoms with Crippen LogP contribution in [0.4, 0.5) is 5.69 Å². The fourth-order valence-electron chi connectivity index (χ4n) is 1.31. The molecule has 2 nitrogen and oxygen atoms in total. The van der Waals surface area contributed by atoms with Crippen LogP contribution < -0.4 is 10.1 Å². The molecular formula is C9H11NOS. The molecule has 1 heterocycles. The van der Waals surface area contributed by atoms with Gasteiger partial charge >= 0.3 is 0 Å². The Hall–Kier alpha value is -0.830. The number of nitrogens with one attached hydrogen (secondary N) is 1.